The summed E-state index contributed by atoms with van der Waals surface area (Å²) in [4.78, 5) is 0. The van der Waals surface area contributed by atoms with Crippen LogP contribution in [0, 0.1) is 0 Å². The summed E-state index contributed by atoms with van der Waals surface area (Å²) in [5, 5.41) is 15.2. The molecule has 1 aliphatic rings. The van der Waals surface area contributed by atoms with Crippen molar-refractivity contribution in [3.8, 4) is 0 Å². The minimum atomic E-state index is 0.233. The van der Waals surface area contributed by atoms with Crippen LogP contribution in [0.1, 0.15) is 6.92 Å². The van der Waals surface area contributed by atoms with Crippen molar-refractivity contribution >= 4 is 0 Å². The first-order valence-electron chi connectivity index (χ1n) is 3.40. The Hall–Kier alpha value is -0.120. The van der Waals surface area contributed by atoms with Crippen molar-refractivity contribution in [3.05, 3.63) is 0 Å². The van der Waals surface area contributed by atoms with Gasteiger partial charge in [0, 0.05) is 25.2 Å². The monoisotopic (exact) mass is 130 g/mol. The van der Waals surface area contributed by atoms with Gasteiger partial charge in [-0.1, -0.05) is 0 Å². The fraction of sp³-hybridized carbons (Fsp3) is 1.00. The Balaban J connectivity index is 2.23. The maximum absolute atomic E-state index is 8.71. The lowest BCUT2D eigenvalue weighted by Crippen LogP contribution is -2.54. The molecular formula is C6H14N2O. The SMILES string of the molecule is CC1CNCC(CO)N1. The standard InChI is InChI=1S/C6H14N2O/c1-5-2-7-3-6(4-9)8-5/h5-9H,2-4H2,1H3. The van der Waals surface area contributed by atoms with Gasteiger partial charge in [-0.2, -0.15) is 0 Å². The molecule has 0 aromatic rings. The highest BCUT2D eigenvalue weighted by molar-refractivity contribution is 4.79. The second-order valence-corrected chi connectivity index (χ2v) is 2.61. The van der Waals surface area contributed by atoms with Gasteiger partial charge in [-0.3, -0.25) is 0 Å². The van der Waals surface area contributed by atoms with Crippen molar-refractivity contribution in [2.45, 2.75) is 19.0 Å². The minimum Gasteiger partial charge on any atom is -0.395 e. The van der Waals surface area contributed by atoms with E-state index in [1.807, 2.05) is 0 Å². The Labute approximate surface area is 55.5 Å². The van der Waals surface area contributed by atoms with E-state index in [9.17, 15) is 0 Å². The normalized spacial score (nSPS) is 36.7. The van der Waals surface area contributed by atoms with Gasteiger partial charge in [0.05, 0.1) is 6.61 Å². The molecule has 3 nitrogen and oxygen atoms in total. The summed E-state index contributed by atoms with van der Waals surface area (Å²) >= 11 is 0. The fourth-order valence-corrected chi connectivity index (χ4v) is 1.11. The summed E-state index contributed by atoms with van der Waals surface area (Å²) in [6, 6.07) is 0.754. The summed E-state index contributed by atoms with van der Waals surface area (Å²) in [7, 11) is 0. The Morgan fingerprint density at radius 3 is 2.78 bits per heavy atom. The molecule has 0 saturated carbocycles. The van der Waals surface area contributed by atoms with Crippen LogP contribution in [-0.4, -0.2) is 36.9 Å². The predicted molar refractivity (Wildman–Crippen MR) is 36.3 cm³/mol. The minimum absolute atomic E-state index is 0.233. The van der Waals surface area contributed by atoms with Crippen LogP contribution >= 0.6 is 0 Å². The number of rotatable bonds is 1. The molecule has 1 heterocycles. The molecule has 0 amide bonds. The van der Waals surface area contributed by atoms with Crippen molar-refractivity contribution in [1.29, 1.82) is 0 Å². The van der Waals surface area contributed by atoms with E-state index in [1.54, 1.807) is 0 Å². The van der Waals surface area contributed by atoms with Crippen LogP contribution in [-0.2, 0) is 0 Å². The first-order valence-corrected chi connectivity index (χ1v) is 3.40. The van der Waals surface area contributed by atoms with Gasteiger partial charge >= 0.3 is 0 Å². The van der Waals surface area contributed by atoms with Crippen molar-refractivity contribution in [2.75, 3.05) is 19.7 Å². The van der Waals surface area contributed by atoms with Crippen LogP contribution in [0.25, 0.3) is 0 Å². The molecule has 1 rings (SSSR count). The average Bonchev–Trinajstić information content (AvgIpc) is 1.88. The molecular weight excluding hydrogens is 116 g/mol. The highest BCUT2D eigenvalue weighted by Crippen LogP contribution is 1.90. The Morgan fingerprint density at radius 2 is 2.33 bits per heavy atom. The molecule has 1 saturated heterocycles. The number of hydrogen-bond donors (Lipinski definition) is 3. The third-order valence-electron chi connectivity index (χ3n) is 1.58. The summed E-state index contributed by atoms with van der Waals surface area (Å²) in [5.41, 5.74) is 0. The summed E-state index contributed by atoms with van der Waals surface area (Å²) in [6.45, 7) is 4.24. The molecule has 0 radical (unpaired) electrons. The van der Waals surface area contributed by atoms with Crippen molar-refractivity contribution in [3.63, 3.8) is 0 Å². The molecule has 0 bridgehead atoms. The largest absolute Gasteiger partial charge is 0.395 e. The van der Waals surface area contributed by atoms with Crippen LogP contribution in [0.5, 0.6) is 0 Å². The lowest BCUT2D eigenvalue weighted by atomic mass is 10.2. The quantitative estimate of drug-likeness (QED) is 0.423. The smallest absolute Gasteiger partial charge is 0.0597 e. The third-order valence-corrected chi connectivity index (χ3v) is 1.58. The summed E-state index contributed by atoms with van der Waals surface area (Å²) in [6.07, 6.45) is 0. The van der Waals surface area contributed by atoms with Crippen LogP contribution in [0.4, 0.5) is 0 Å². The summed E-state index contributed by atoms with van der Waals surface area (Å²) in [5.74, 6) is 0. The predicted octanol–water partition coefficient (Wildman–Crippen LogP) is -1.07. The molecule has 3 N–H and O–H groups in total. The summed E-state index contributed by atoms with van der Waals surface area (Å²) < 4.78 is 0. The van der Waals surface area contributed by atoms with E-state index in [0.717, 1.165) is 13.1 Å². The van der Waals surface area contributed by atoms with E-state index in [2.05, 4.69) is 17.6 Å². The molecule has 1 fully saturated rings. The van der Waals surface area contributed by atoms with Crippen LogP contribution < -0.4 is 10.6 Å². The van der Waals surface area contributed by atoms with Crippen LogP contribution in [0.2, 0.25) is 0 Å². The zero-order valence-electron chi connectivity index (χ0n) is 5.72. The van der Waals surface area contributed by atoms with E-state index < -0.39 is 0 Å². The Kier molecular flexibility index (Phi) is 2.45. The van der Waals surface area contributed by atoms with Crippen molar-refractivity contribution in [2.24, 2.45) is 0 Å². The zero-order chi connectivity index (χ0) is 6.69. The number of aliphatic hydroxyl groups excluding tert-OH is 1. The van der Waals surface area contributed by atoms with Gasteiger partial charge < -0.3 is 15.7 Å². The lowest BCUT2D eigenvalue weighted by molar-refractivity contribution is 0.211. The molecule has 0 spiro atoms. The second-order valence-electron chi connectivity index (χ2n) is 2.61. The van der Waals surface area contributed by atoms with Crippen LogP contribution in [0.3, 0.4) is 0 Å². The maximum Gasteiger partial charge on any atom is 0.0597 e. The molecule has 9 heavy (non-hydrogen) atoms. The van der Waals surface area contributed by atoms with E-state index >= 15 is 0 Å². The van der Waals surface area contributed by atoms with E-state index in [1.165, 1.54) is 0 Å². The number of hydrogen-bond acceptors (Lipinski definition) is 3. The molecule has 2 atom stereocenters. The lowest BCUT2D eigenvalue weighted by Gasteiger charge is -2.28. The number of nitrogens with one attached hydrogen (secondary N) is 2. The first kappa shape index (κ1) is 6.99. The van der Waals surface area contributed by atoms with Crippen molar-refractivity contribution < 1.29 is 5.11 Å². The molecule has 0 aromatic carbocycles. The van der Waals surface area contributed by atoms with E-state index in [0.29, 0.717) is 6.04 Å². The van der Waals surface area contributed by atoms with Gasteiger partial charge in [0.1, 0.15) is 0 Å². The van der Waals surface area contributed by atoms with Gasteiger partial charge in [0.15, 0.2) is 0 Å². The van der Waals surface area contributed by atoms with Gasteiger partial charge in [0.25, 0.3) is 0 Å². The first-order chi connectivity index (χ1) is 4.33. The molecule has 1 aliphatic heterocycles. The molecule has 0 aliphatic carbocycles. The van der Waals surface area contributed by atoms with Gasteiger partial charge in [0.2, 0.25) is 0 Å². The fourth-order valence-electron chi connectivity index (χ4n) is 1.11. The second kappa shape index (κ2) is 3.15. The number of piperazine rings is 1. The molecule has 0 aromatic heterocycles. The van der Waals surface area contributed by atoms with Gasteiger partial charge in [-0.05, 0) is 6.92 Å². The van der Waals surface area contributed by atoms with E-state index in [4.69, 9.17) is 5.11 Å². The Bertz CT molecular complexity index is 87.1. The third kappa shape index (κ3) is 1.93. The van der Waals surface area contributed by atoms with Gasteiger partial charge in [-0.15, -0.1) is 0 Å². The number of aliphatic hydroxyl groups is 1. The highest BCUT2D eigenvalue weighted by Gasteiger charge is 2.14. The average molecular weight is 130 g/mol. The van der Waals surface area contributed by atoms with E-state index in [-0.39, 0.29) is 12.6 Å². The molecule has 3 heteroatoms. The molecule has 2 unspecified atom stereocenters. The topological polar surface area (TPSA) is 44.3 Å². The Morgan fingerprint density at radius 1 is 1.56 bits per heavy atom. The van der Waals surface area contributed by atoms with Gasteiger partial charge in [-0.25, -0.2) is 0 Å². The highest BCUT2D eigenvalue weighted by atomic mass is 16.3. The van der Waals surface area contributed by atoms with Crippen molar-refractivity contribution in [1.82, 2.24) is 10.6 Å². The van der Waals surface area contributed by atoms with Crippen LogP contribution in [0.15, 0.2) is 0 Å². The maximum atomic E-state index is 8.71. The molecule has 54 valence electrons. The zero-order valence-corrected chi connectivity index (χ0v) is 5.72.